The number of nitrogens with one attached hydrogen (secondary N) is 4. The minimum absolute atomic E-state index is 0.0910. The third-order valence-electron chi connectivity index (χ3n) is 15.2. The van der Waals surface area contributed by atoms with Crippen LogP contribution < -0.4 is 21.3 Å². The molecule has 0 spiro atoms. The van der Waals surface area contributed by atoms with Gasteiger partial charge in [-0.15, -0.1) is 22.7 Å². The molecule has 7 heterocycles. The van der Waals surface area contributed by atoms with Gasteiger partial charge in [0, 0.05) is 73.4 Å². The lowest BCUT2D eigenvalue weighted by Crippen LogP contribution is -2.47. The molecule has 3 aliphatic carbocycles. The number of rotatable bonds is 16. The zero-order valence-electron chi connectivity index (χ0n) is 41.7. The van der Waals surface area contributed by atoms with E-state index in [0.29, 0.717) is 64.4 Å². The molecule has 0 radical (unpaired) electrons. The van der Waals surface area contributed by atoms with Gasteiger partial charge < -0.3 is 41.3 Å². The molecule has 6 aliphatic rings. The van der Waals surface area contributed by atoms with E-state index >= 15 is 0 Å². The van der Waals surface area contributed by atoms with E-state index in [-0.39, 0.29) is 64.9 Å². The molecular formula is C52H70N10O6S2. The Hall–Kier alpha value is -5.04. The van der Waals surface area contributed by atoms with E-state index in [1.165, 1.54) is 48.4 Å². The lowest BCUT2D eigenvalue weighted by atomic mass is 9.80. The van der Waals surface area contributed by atoms with E-state index < -0.39 is 11.2 Å². The number of aryl methyl sites for hydroxylation is 2. The van der Waals surface area contributed by atoms with Gasteiger partial charge in [-0.3, -0.25) is 19.2 Å². The van der Waals surface area contributed by atoms with E-state index in [9.17, 15) is 29.4 Å². The number of anilines is 2. The summed E-state index contributed by atoms with van der Waals surface area (Å²) in [5, 5.41) is 33.4. The molecule has 4 aromatic rings. The van der Waals surface area contributed by atoms with Crippen LogP contribution in [0.5, 0.6) is 0 Å². The number of likely N-dealkylation sites (tertiary alicyclic amines) is 1. The number of nitrogens with zero attached hydrogens (tertiary/aromatic N) is 6. The highest BCUT2D eigenvalue weighted by Crippen LogP contribution is 2.42. The number of amides is 4. The molecule has 2 bridgehead atoms. The first-order valence-electron chi connectivity index (χ1n) is 25.5. The Morgan fingerprint density at radius 1 is 0.743 bits per heavy atom. The van der Waals surface area contributed by atoms with Crippen LogP contribution in [0.2, 0.25) is 0 Å². The third kappa shape index (κ3) is 11.2. The fourth-order valence-electron chi connectivity index (χ4n) is 10.3. The Bertz CT molecular complexity index is 2590. The first-order chi connectivity index (χ1) is 33.3. The molecule has 10 rings (SSSR count). The second-order valence-electron chi connectivity index (χ2n) is 21.6. The molecule has 376 valence electrons. The predicted molar refractivity (Wildman–Crippen MR) is 273 cm³/mol. The van der Waals surface area contributed by atoms with Gasteiger partial charge in [-0.25, -0.2) is 19.9 Å². The third-order valence-corrected chi connectivity index (χ3v) is 17.4. The number of hydrogen-bond donors (Lipinski definition) is 6. The van der Waals surface area contributed by atoms with Crippen LogP contribution in [0.4, 0.5) is 11.6 Å². The summed E-state index contributed by atoms with van der Waals surface area (Å²) in [5.74, 6) is 2.10. The van der Waals surface area contributed by atoms with Crippen molar-refractivity contribution >= 4 is 57.9 Å². The number of carbonyl (C=O) groups is 4. The van der Waals surface area contributed by atoms with Crippen molar-refractivity contribution in [3.63, 3.8) is 0 Å². The van der Waals surface area contributed by atoms with E-state index in [1.54, 1.807) is 26.2 Å². The van der Waals surface area contributed by atoms with Crippen LogP contribution >= 0.6 is 22.7 Å². The van der Waals surface area contributed by atoms with Gasteiger partial charge in [0.15, 0.2) is 10.0 Å². The van der Waals surface area contributed by atoms with Gasteiger partial charge >= 0.3 is 0 Å². The first kappa shape index (κ1) is 49.9. The van der Waals surface area contributed by atoms with Crippen molar-refractivity contribution in [2.75, 3.05) is 30.3 Å². The summed E-state index contributed by atoms with van der Waals surface area (Å²) in [5.41, 5.74) is 2.39. The van der Waals surface area contributed by atoms with Crippen LogP contribution in [-0.2, 0) is 0 Å². The highest BCUT2D eigenvalue weighted by molar-refractivity contribution is 7.17. The number of hydrogen-bond acceptors (Lipinski definition) is 14. The monoisotopic (exact) mass is 994 g/mol. The smallest absolute Gasteiger partial charge is 0.280 e. The number of carbonyl (C=O) groups excluding carboxylic acids is 4. The molecule has 0 aromatic carbocycles. The molecule has 16 nitrogen and oxygen atoms in total. The minimum atomic E-state index is -1.04. The number of fused-ring (bicyclic) bond motifs is 2. The Kier molecular flexibility index (Phi) is 14.4. The fourth-order valence-corrected chi connectivity index (χ4v) is 12.4. The van der Waals surface area contributed by atoms with Crippen molar-refractivity contribution in [2.45, 2.75) is 173 Å². The maximum Gasteiger partial charge on any atom is 0.280 e. The Labute approximate surface area is 419 Å². The molecule has 0 unspecified atom stereocenters. The van der Waals surface area contributed by atoms with Crippen molar-refractivity contribution in [1.82, 2.24) is 40.4 Å². The summed E-state index contributed by atoms with van der Waals surface area (Å²) < 4.78 is 0. The molecule has 6 N–H and O–H groups in total. The second kappa shape index (κ2) is 20.2. The summed E-state index contributed by atoms with van der Waals surface area (Å²) in [6.07, 6.45) is 17.0. The SMILES string of the molecule is Cc1cc(N[C@@H](C)C2CC2)ncc1-c1sc(C(=O)NCC(C)(C)O)nc1C(=O)N1C2CCC1CC2.Cc1cc(N[C@@H](C)C2CC2)ncc1-c1sc(C(=O)NCC2(O)CCC2)nc1C(=O)N1CCC[C@@H]1C. The van der Waals surface area contributed by atoms with Crippen LogP contribution in [0, 0.1) is 25.7 Å². The zero-order chi connectivity index (χ0) is 49.6. The van der Waals surface area contributed by atoms with Crippen LogP contribution in [0.15, 0.2) is 24.5 Å². The molecule has 4 aromatic heterocycles. The lowest BCUT2D eigenvalue weighted by molar-refractivity contribution is -0.0300. The number of aliphatic hydroxyl groups is 2. The maximum atomic E-state index is 13.7. The molecule has 4 amide bonds. The summed E-state index contributed by atoms with van der Waals surface area (Å²) in [7, 11) is 0. The van der Waals surface area contributed by atoms with Gasteiger partial charge in [-0.2, -0.15) is 0 Å². The van der Waals surface area contributed by atoms with Crippen LogP contribution in [0.25, 0.3) is 20.9 Å². The van der Waals surface area contributed by atoms with Gasteiger partial charge in [-0.05, 0) is 167 Å². The van der Waals surface area contributed by atoms with E-state index in [2.05, 4.69) is 62.0 Å². The number of aromatic nitrogens is 4. The van der Waals surface area contributed by atoms with E-state index in [1.807, 2.05) is 35.8 Å². The summed E-state index contributed by atoms with van der Waals surface area (Å²) in [6.45, 7) is 14.7. The van der Waals surface area contributed by atoms with Gasteiger partial charge in [0.1, 0.15) is 23.0 Å². The highest BCUT2D eigenvalue weighted by atomic mass is 32.1. The average Bonchev–Trinajstić information content (AvgIpc) is 4.10. The van der Waals surface area contributed by atoms with Crippen molar-refractivity contribution in [2.24, 2.45) is 11.8 Å². The maximum absolute atomic E-state index is 13.7. The minimum Gasteiger partial charge on any atom is -0.389 e. The van der Waals surface area contributed by atoms with Gasteiger partial charge in [0.05, 0.1) is 21.0 Å². The Morgan fingerprint density at radius 3 is 1.64 bits per heavy atom. The standard InChI is InChI=1S/2C26H35N5O3S/c1-14-11-20(29-15(2)16-5-6-16)27-12-19(14)22-21(25(33)31-17-7-8-18(31)10-9-17)30-24(35-22)23(32)28-13-26(3,4)34;1-15-12-20(29-17(3)18-7-8-18)27-13-19(15)22-21(25(33)31-11-4-6-16(31)2)30-24(35-22)23(32)28-14-26(34)9-5-10-26/h11-12,15-18,34H,5-10,13H2,1-4H3,(H,27,29)(H,28,32);12-13,16-18,34H,4-11,14H2,1-3H3,(H,27,29)(H,28,32)/t15-,17?,18?;16-,17-/m00/s1. The molecule has 18 heteroatoms. The number of thiazole rings is 2. The quantitative estimate of drug-likeness (QED) is 0.0630. The molecule has 70 heavy (non-hydrogen) atoms. The summed E-state index contributed by atoms with van der Waals surface area (Å²) in [6, 6.07) is 5.46. The molecular weight excluding hydrogens is 925 g/mol. The molecule has 3 saturated heterocycles. The van der Waals surface area contributed by atoms with Crippen molar-refractivity contribution < 1.29 is 29.4 Å². The molecule has 3 saturated carbocycles. The van der Waals surface area contributed by atoms with Gasteiger partial charge in [-0.1, -0.05) is 0 Å². The molecule has 3 atom stereocenters. The fraction of sp³-hybridized carbons (Fsp3) is 0.615. The van der Waals surface area contributed by atoms with E-state index in [0.717, 1.165) is 78.8 Å². The highest BCUT2D eigenvalue weighted by Gasteiger charge is 2.44. The second-order valence-corrected chi connectivity index (χ2v) is 23.6. The van der Waals surface area contributed by atoms with Crippen molar-refractivity contribution in [3.05, 3.63) is 57.1 Å². The molecule has 3 aliphatic heterocycles. The van der Waals surface area contributed by atoms with Crippen LogP contribution in [-0.4, -0.2) is 125 Å². The first-order valence-corrected chi connectivity index (χ1v) is 27.1. The van der Waals surface area contributed by atoms with Gasteiger partial charge in [0.2, 0.25) is 0 Å². The lowest BCUT2D eigenvalue weighted by Gasteiger charge is -2.36. The van der Waals surface area contributed by atoms with Gasteiger partial charge in [0.25, 0.3) is 23.6 Å². The average molecular weight is 995 g/mol. The number of pyridine rings is 2. The zero-order valence-corrected chi connectivity index (χ0v) is 43.3. The topological polar surface area (TPSA) is 215 Å². The predicted octanol–water partition coefficient (Wildman–Crippen LogP) is 7.98. The van der Waals surface area contributed by atoms with Crippen LogP contribution in [0.3, 0.4) is 0 Å². The molecule has 6 fully saturated rings. The summed E-state index contributed by atoms with van der Waals surface area (Å²) in [4.78, 5) is 76.7. The normalized spacial score (nSPS) is 22.2. The Morgan fingerprint density at radius 2 is 1.23 bits per heavy atom. The van der Waals surface area contributed by atoms with Crippen molar-refractivity contribution in [3.8, 4) is 20.9 Å². The Balaban J connectivity index is 0.000000174. The van der Waals surface area contributed by atoms with E-state index in [4.69, 9.17) is 0 Å². The summed E-state index contributed by atoms with van der Waals surface area (Å²) >= 11 is 2.44. The van der Waals surface area contributed by atoms with Crippen LogP contribution in [0.1, 0.15) is 170 Å². The van der Waals surface area contributed by atoms with Crippen molar-refractivity contribution in [1.29, 1.82) is 0 Å². The largest absolute Gasteiger partial charge is 0.389 e.